The molecule has 0 unspecified atom stereocenters. The third kappa shape index (κ3) is 5.54. The Hall–Kier alpha value is 0.760. The molecule has 0 spiro atoms. The van der Waals surface area contributed by atoms with E-state index in [4.69, 9.17) is 0 Å². The van der Waals surface area contributed by atoms with Crippen LogP contribution in [0.1, 0.15) is 25.7 Å². The van der Waals surface area contributed by atoms with Gasteiger partial charge in [-0.3, -0.25) is 4.79 Å². The quantitative estimate of drug-likeness (QED) is 0.363. The maximum Gasteiger partial charge on any atom is 1.00 e. The molecule has 1 amide bonds. The third-order valence-corrected chi connectivity index (χ3v) is 1.40. The van der Waals surface area contributed by atoms with Crippen LogP contribution in [-0.2, 0) is 4.79 Å². The van der Waals surface area contributed by atoms with Gasteiger partial charge in [-0.25, -0.2) is 0 Å². The fourth-order valence-electron chi connectivity index (χ4n) is 0.904. The van der Waals surface area contributed by atoms with E-state index in [0.717, 1.165) is 25.8 Å². The van der Waals surface area contributed by atoms with Crippen molar-refractivity contribution in [3.05, 3.63) is 0 Å². The Bertz CT molecular complexity index is 89.7. The van der Waals surface area contributed by atoms with Crippen LogP contribution in [0.5, 0.6) is 0 Å². The average Bonchev–Trinajstić information content (AvgIpc) is 1.94. The molecule has 1 saturated heterocycles. The van der Waals surface area contributed by atoms with Crippen LogP contribution < -0.4 is 47.3 Å². The summed E-state index contributed by atoms with van der Waals surface area (Å²) in [5.74, 6) is 0.225. The number of hydrogen-bond acceptors (Lipinski definition) is 1. The third-order valence-electron chi connectivity index (χ3n) is 1.40. The van der Waals surface area contributed by atoms with Crippen LogP contribution >= 0.6 is 0 Å². The Morgan fingerprint density at radius 2 is 1.90 bits per heavy atom. The van der Waals surface area contributed by atoms with E-state index in [9.17, 15) is 4.79 Å². The molecular weight excluding hydrogens is 161 g/mol. The van der Waals surface area contributed by atoms with Crippen molar-refractivity contribution in [3.63, 3.8) is 0 Å². The molecule has 0 bridgehead atoms. The second kappa shape index (κ2) is 7.86. The number of carbonyl (C=O) groups is 1. The maximum absolute atomic E-state index is 10.6. The first kappa shape index (κ1) is 13.4. The molecule has 1 aliphatic heterocycles. The molecule has 0 atom stereocenters. The Kier molecular flexibility index (Phi) is 10.5. The predicted molar refractivity (Wildman–Crippen MR) is 31.5 cm³/mol. The van der Waals surface area contributed by atoms with Gasteiger partial charge in [-0.15, -0.1) is 0 Å². The summed E-state index contributed by atoms with van der Waals surface area (Å²) in [6, 6.07) is 0. The minimum atomic E-state index is 0. The Labute approximate surface area is 89.8 Å². The van der Waals surface area contributed by atoms with Gasteiger partial charge in [0.15, 0.2) is 0 Å². The van der Waals surface area contributed by atoms with E-state index >= 15 is 0 Å². The molecule has 0 aromatic heterocycles. The summed E-state index contributed by atoms with van der Waals surface area (Å²) in [6.45, 7) is 0.888. The van der Waals surface area contributed by atoms with E-state index in [0.29, 0.717) is 0 Å². The van der Waals surface area contributed by atoms with Crippen molar-refractivity contribution in [1.29, 1.82) is 0 Å². The van der Waals surface area contributed by atoms with Crippen LogP contribution in [0.25, 0.3) is 0 Å². The van der Waals surface area contributed by atoms with Crippen molar-refractivity contribution in [2.45, 2.75) is 25.7 Å². The SMILES string of the molecule is O=C1CCCCCN1.[Cl-].[Na+]. The van der Waals surface area contributed by atoms with Gasteiger partial charge in [0.1, 0.15) is 0 Å². The van der Waals surface area contributed by atoms with E-state index in [1.165, 1.54) is 6.42 Å². The molecule has 0 aliphatic carbocycles. The number of amides is 1. The van der Waals surface area contributed by atoms with E-state index < -0.39 is 0 Å². The largest absolute Gasteiger partial charge is 1.00 e. The molecule has 2 nitrogen and oxygen atoms in total. The molecule has 0 aromatic carbocycles. The predicted octanol–water partition coefficient (Wildman–Crippen LogP) is -5.32. The Morgan fingerprint density at radius 3 is 2.60 bits per heavy atom. The van der Waals surface area contributed by atoms with Gasteiger partial charge in [-0.05, 0) is 12.8 Å². The van der Waals surface area contributed by atoms with Crippen molar-refractivity contribution in [2.75, 3.05) is 6.54 Å². The fourth-order valence-corrected chi connectivity index (χ4v) is 0.904. The van der Waals surface area contributed by atoms with Crippen molar-refractivity contribution < 1.29 is 46.8 Å². The second-order valence-corrected chi connectivity index (χ2v) is 2.16. The summed E-state index contributed by atoms with van der Waals surface area (Å²) in [7, 11) is 0. The van der Waals surface area contributed by atoms with E-state index in [1.807, 2.05) is 0 Å². The molecule has 1 fully saturated rings. The van der Waals surface area contributed by atoms with Gasteiger partial charge >= 0.3 is 29.6 Å². The number of carbonyl (C=O) groups excluding carboxylic acids is 1. The molecule has 10 heavy (non-hydrogen) atoms. The van der Waals surface area contributed by atoms with Crippen molar-refractivity contribution in [3.8, 4) is 0 Å². The summed E-state index contributed by atoms with van der Waals surface area (Å²) in [4.78, 5) is 10.6. The zero-order chi connectivity index (χ0) is 5.82. The van der Waals surface area contributed by atoms with Gasteiger partial charge in [0.05, 0.1) is 0 Å². The maximum atomic E-state index is 10.6. The van der Waals surface area contributed by atoms with Gasteiger partial charge in [0, 0.05) is 13.0 Å². The van der Waals surface area contributed by atoms with Crippen molar-refractivity contribution in [1.82, 2.24) is 5.32 Å². The zero-order valence-electron chi connectivity index (χ0n) is 6.32. The minimum absolute atomic E-state index is 0. The topological polar surface area (TPSA) is 29.1 Å². The first-order chi connectivity index (χ1) is 3.89. The van der Waals surface area contributed by atoms with Crippen LogP contribution in [0.3, 0.4) is 0 Å². The molecular formula is C6H11ClNNaO. The summed E-state index contributed by atoms with van der Waals surface area (Å²) < 4.78 is 0. The number of nitrogens with one attached hydrogen (secondary N) is 1. The smallest absolute Gasteiger partial charge is 1.00 e. The normalized spacial score (nSPS) is 17.4. The van der Waals surface area contributed by atoms with E-state index in [1.54, 1.807) is 0 Å². The average molecular weight is 172 g/mol. The van der Waals surface area contributed by atoms with Crippen LogP contribution in [0, 0.1) is 0 Å². The fraction of sp³-hybridized carbons (Fsp3) is 0.833. The van der Waals surface area contributed by atoms with E-state index in [2.05, 4.69) is 5.32 Å². The molecule has 0 aromatic rings. The molecule has 1 heterocycles. The van der Waals surface area contributed by atoms with E-state index in [-0.39, 0.29) is 47.9 Å². The Morgan fingerprint density at radius 1 is 1.20 bits per heavy atom. The van der Waals surface area contributed by atoms with Gasteiger partial charge in [-0.1, -0.05) is 6.42 Å². The number of hydrogen-bond donors (Lipinski definition) is 1. The molecule has 4 heteroatoms. The van der Waals surface area contributed by atoms with Crippen LogP contribution in [0.15, 0.2) is 0 Å². The van der Waals surface area contributed by atoms with Gasteiger partial charge in [0.2, 0.25) is 5.91 Å². The Balaban J connectivity index is 0. The number of rotatable bonds is 0. The number of halogens is 1. The molecule has 0 radical (unpaired) electrons. The first-order valence-electron chi connectivity index (χ1n) is 3.16. The molecule has 0 saturated carbocycles. The van der Waals surface area contributed by atoms with Crippen LogP contribution in [0.2, 0.25) is 0 Å². The molecule has 1 rings (SSSR count). The summed E-state index contributed by atoms with van der Waals surface area (Å²) in [5.41, 5.74) is 0. The monoisotopic (exact) mass is 171 g/mol. The van der Waals surface area contributed by atoms with Crippen molar-refractivity contribution >= 4 is 5.91 Å². The van der Waals surface area contributed by atoms with Crippen molar-refractivity contribution in [2.24, 2.45) is 0 Å². The summed E-state index contributed by atoms with van der Waals surface area (Å²) >= 11 is 0. The first-order valence-corrected chi connectivity index (χ1v) is 3.16. The van der Waals surface area contributed by atoms with Gasteiger partial charge < -0.3 is 17.7 Å². The van der Waals surface area contributed by atoms with Crippen LogP contribution in [-0.4, -0.2) is 12.5 Å². The van der Waals surface area contributed by atoms with Gasteiger partial charge in [-0.2, -0.15) is 0 Å². The second-order valence-electron chi connectivity index (χ2n) is 2.16. The zero-order valence-corrected chi connectivity index (χ0v) is 9.08. The van der Waals surface area contributed by atoms with Gasteiger partial charge in [0.25, 0.3) is 0 Å². The standard InChI is InChI=1S/C6H11NO.ClH.Na/c8-6-4-2-1-3-5-7-6;;/h1-5H2,(H,7,8);1H;/q;;+1/p-1. The minimum Gasteiger partial charge on any atom is -1.00 e. The summed E-state index contributed by atoms with van der Waals surface area (Å²) in [5, 5.41) is 2.81. The summed E-state index contributed by atoms with van der Waals surface area (Å²) in [6.07, 6.45) is 4.18. The van der Waals surface area contributed by atoms with Crippen LogP contribution in [0.4, 0.5) is 0 Å². The molecule has 1 N–H and O–H groups in total. The molecule has 1 aliphatic rings. The molecule has 54 valence electrons.